The molecule has 2 aliphatic rings. The van der Waals surface area contributed by atoms with Crippen LogP contribution in [-0.2, 0) is 9.47 Å². The highest BCUT2D eigenvalue weighted by Gasteiger charge is 2.33. The molecule has 6 nitrogen and oxygen atoms in total. The van der Waals surface area contributed by atoms with Crippen LogP contribution in [0.4, 0.5) is 0 Å². The molecule has 2 N–H and O–H groups in total. The maximum absolute atomic E-state index is 5.82. The average Bonchev–Trinajstić information content (AvgIpc) is 3.10. The number of methoxy groups -OCH3 is 1. The molecule has 0 spiro atoms. The van der Waals surface area contributed by atoms with Gasteiger partial charge in [-0.25, -0.2) is 0 Å². The zero-order valence-corrected chi connectivity index (χ0v) is 20.8. The highest BCUT2D eigenvalue weighted by Crippen LogP contribution is 2.41. The SMILES string of the molecule is CCNC(=NCC1(CCOC)CCCC1)NCCCN1CC(C)OC(C)C1.I. The van der Waals surface area contributed by atoms with Crippen molar-refractivity contribution in [2.75, 3.05) is 53.0 Å². The quantitative estimate of drug-likeness (QED) is 0.205. The van der Waals surface area contributed by atoms with Crippen molar-refractivity contribution in [3.05, 3.63) is 0 Å². The Morgan fingerprint density at radius 1 is 1.18 bits per heavy atom. The second-order valence-corrected chi connectivity index (χ2v) is 8.44. The van der Waals surface area contributed by atoms with Crippen molar-refractivity contribution in [3.8, 4) is 0 Å². The van der Waals surface area contributed by atoms with Crippen molar-refractivity contribution in [3.63, 3.8) is 0 Å². The van der Waals surface area contributed by atoms with E-state index < -0.39 is 0 Å². The van der Waals surface area contributed by atoms with E-state index in [-0.39, 0.29) is 24.0 Å². The third-order valence-corrected chi connectivity index (χ3v) is 5.86. The van der Waals surface area contributed by atoms with Gasteiger partial charge in [0.25, 0.3) is 0 Å². The largest absolute Gasteiger partial charge is 0.385 e. The number of hydrogen-bond acceptors (Lipinski definition) is 4. The summed E-state index contributed by atoms with van der Waals surface area (Å²) in [6, 6.07) is 0. The summed E-state index contributed by atoms with van der Waals surface area (Å²) in [4.78, 5) is 7.45. The molecule has 2 fully saturated rings. The molecule has 0 amide bonds. The van der Waals surface area contributed by atoms with E-state index in [1.165, 1.54) is 25.7 Å². The number of ether oxygens (including phenoxy) is 2. The van der Waals surface area contributed by atoms with Gasteiger partial charge in [-0.1, -0.05) is 12.8 Å². The molecule has 0 bridgehead atoms. The average molecular weight is 511 g/mol. The first-order valence-corrected chi connectivity index (χ1v) is 11.0. The standard InChI is InChI=1S/C21H42N4O2.HI/c1-5-22-20(24-17-21(11-14-26-4)9-6-7-10-21)23-12-8-13-25-15-18(2)27-19(3)16-25;/h18-19H,5-17H2,1-4H3,(H2,22,23,24);1H. The van der Waals surface area contributed by atoms with Crippen LogP contribution < -0.4 is 10.6 Å². The van der Waals surface area contributed by atoms with Crippen LogP contribution in [0.3, 0.4) is 0 Å². The maximum Gasteiger partial charge on any atom is 0.191 e. The smallest absolute Gasteiger partial charge is 0.191 e. The number of nitrogens with zero attached hydrogens (tertiary/aromatic N) is 2. The predicted molar refractivity (Wildman–Crippen MR) is 128 cm³/mol. The summed E-state index contributed by atoms with van der Waals surface area (Å²) in [6.45, 7) is 13.3. The van der Waals surface area contributed by atoms with Gasteiger partial charge in [0.1, 0.15) is 0 Å². The van der Waals surface area contributed by atoms with Gasteiger partial charge in [0.15, 0.2) is 5.96 Å². The Morgan fingerprint density at radius 2 is 1.86 bits per heavy atom. The summed E-state index contributed by atoms with van der Waals surface area (Å²) in [5.74, 6) is 0.963. The minimum absolute atomic E-state index is 0. The van der Waals surface area contributed by atoms with Crippen molar-refractivity contribution in [1.29, 1.82) is 0 Å². The highest BCUT2D eigenvalue weighted by atomic mass is 127. The van der Waals surface area contributed by atoms with E-state index >= 15 is 0 Å². The normalized spacial score (nSPS) is 25.4. The molecule has 28 heavy (non-hydrogen) atoms. The Balaban J connectivity index is 0.00000392. The van der Waals surface area contributed by atoms with Crippen LogP contribution in [0.2, 0.25) is 0 Å². The summed E-state index contributed by atoms with van der Waals surface area (Å²) in [5, 5.41) is 6.94. The topological polar surface area (TPSA) is 58.1 Å². The van der Waals surface area contributed by atoms with Gasteiger partial charge in [0.2, 0.25) is 0 Å². The third-order valence-electron chi connectivity index (χ3n) is 5.86. The van der Waals surface area contributed by atoms with Crippen molar-refractivity contribution in [2.24, 2.45) is 10.4 Å². The molecule has 0 aromatic carbocycles. The first-order valence-electron chi connectivity index (χ1n) is 11.0. The molecule has 7 heteroatoms. The molecular formula is C21H43IN4O2. The number of morpholine rings is 1. The first kappa shape index (κ1) is 25.9. The molecule has 0 aromatic rings. The lowest BCUT2D eigenvalue weighted by Crippen LogP contribution is -2.46. The van der Waals surface area contributed by atoms with Gasteiger partial charge < -0.3 is 20.1 Å². The van der Waals surface area contributed by atoms with Crippen LogP contribution in [0.1, 0.15) is 59.3 Å². The van der Waals surface area contributed by atoms with Gasteiger partial charge in [-0.15, -0.1) is 24.0 Å². The molecular weight excluding hydrogens is 467 g/mol. The number of rotatable bonds is 10. The lowest BCUT2D eigenvalue weighted by Gasteiger charge is -2.35. The van der Waals surface area contributed by atoms with Crippen LogP contribution >= 0.6 is 24.0 Å². The number of hydrogen-bond donors (Lipinski definition) is 2. The van der Waals surface area contributed by atoms with Crippen LogP contribution in [0.5, 0.6) is 0 Å². The van der Waals surface area contributed by atoms with Crippen LogP contribution in [0, 0.1) is 5.41 Å². The van der Waals surface area contributed by atoms with Crippen molar-refractivity contribution in [2.45, 2.75) is 71.5 Å². The lowest BCUT2D eigenvalue weighted by atomic mass is 9.83. The fourth-order valence-electron chi connectivity index (χ4n) is 4.50. The number of guanidine groups is 1. The van der Waals surface area contributed by atoms with E-state index in [9.17, 15) is 0 Å². The summed E-state index contributed by atoms with van der Waals surface area (Å²) >= 11 is 0. The van der Waals surface area contributed by atoms with Gasteiger partial charge in [-0.05, 0) is 51.9 Å². The minimum Gasteiger partial charge on any atom is -0.385 e. The second-order valence-electron chi connectivity index (χ2n) is 8.44. The van der Waals surface area contributed by atoms with Gasteiger partial charge in [-0.3, -0.25) is 9.89 Å². The lowest BCUT2D eigenvalue weighted by molar-refractivity contribution is -0.0679. The summed E-state index contributed by atoms with van der Waals surface area (Å²) in [5.41, 5.74) is 0.346. The van der Waals surface area contributed by atoms with E-state index in [0.29, 0.717) is 17.6 Å². The van der Waals surface area contributed by atoms with Crippen LogP contribution in [-0.4, -0.2) is 76.1 Å². The van der Waals surface area contributed by atoms with Gasteiger partial charge in [0, 0.05) is 53.0 Å². The van der Waals surface area contributed by atoms with Crippen molar-refractivity contribution < 1.29 is 9.47 Å². The van der Waals surface area contributed by atoms with E-state index in [2.05, 4.69) is 36.3 Å². The van der Waals surface area contributed by atoms with Gasteiger partial charge in [-0.2, -0.15) is 0 Å². The number of aliphatic imine (C=N–C) groups is 1. The molecule has 1 saturated carbocycles. The zero-order valence-electron chi connectivity index (χ0n) is 18.5. The monoisotopic (exact) mass is 510 g/mol. The summed E-state index contributed by atoms with van der Waals surface area (Å²) in [7, 11) is 1.80. The van der Waals surface area contributed by atoms with Gasteiger partial charge >= 0.3 is 0 Å². The third kappa shape index (κ3) is 9.13. The number of nitrogens with one attached hydrogen (secondary N) is 2. The second kappa shape index (κ2) is 14.0. The van der Waals surface area contributed by atoms with E-state index in [1.54, 1.807) is 7.11 Å². The Kier molecular flexibility index (Phi) is 12.9. The molecule has 2 atom stereocenters. The predicted octanol–water partition coefficient (Wildman–Crippen LogP) is 3.26. The number of halogens is 1. The molecule has 2 rings (SSSR count). The Hall–Kier alpha value is -0.120. The molecule has 2 unspecified atom stereocenters. The van der Waals surface area contributed by atoms with Crippen LogP contribution in [0.15, 0.2) is 4.99 Å². The molecule has 1 aliphatic heterocycles. The zero-order chi connectivity index (χ0) is 19.5. The van der Waals surface area contributed by atoms with E-state index in [0.717, 1.165) is 64.7 Å². The van der Waals surface area contributed by atoms with E-state index in [1.807, 2.05) is 0 Å². The van der Waals surface area contributed by atoms with Crippen molar-refractivity contribution in [1.82, 2.24) is 15.5 Å². The Labute approximate surface area is 189 Å². The molecule has 1 heterocycles. The summed E-state index contributed by atoms with van der Waals surface area (Å²) in [6.07, 6.45) is 8.17. The molecule has 1 saturated heterocycles. The molecule has 166 valence electrons. The fraction of sp³-hybridized carbons (Fsp3) is 0.952. The Morgan fingerprint density at radius 3 is 2.46 bits per heavy atom. The summed E-state index contributed by atoms with van der Waals surface area (Å²) < 4.78 is 11.2. The Bertz CT molecular complexity index is 434. The minimum atomic E-state index is 0. The van der Waals surface area contributed by atoms with Crippen molar-refractivity contribution >= 4 is 29.9 Å². The fourth-order valence-corrected chi connectivity index (χ4v) is 4.50. The van der Waals surface area contributed by atoms with Crippen LogP contribution in [0.25, 0.3) is 0 Å². The van der Waals surface area contributed by atoms with Gasteiger partial charge in [0.05, 0.1) is 12.2 Å². The molecule has 1 aliphatic carbocycles. The first-order chi connectivity index (χ1) is 13.1. The molecule has 0 radical (unpaired) electrons. The van der Waals surface area contributed by atoms with E-state index in [4.69, 9.17) is 14.5 Å². The maximum atomic E-state index is 5.82. The molecule has 0 aromatic heterocycles. The highest BCUT2D eigenvalue weighted by molar-refractivity contribution is 14.0.